The first kappa shape index (κ1) is 14.4. The summed E-state index contributed by atoms with van der Waals surface area (Å²) in [6.07, 6.45) is -4.62. The average molecular weight is 350 g/mol. The second kappa shape index (κ2) is 5.57. The normalized spacial score (nSPS) is 11.4. The first-order valence-electron chi connectivity index (χ1n) is 5.25. The number of H-pyrrole nitrogens is 1. The Kier molecular flexibility index (Phi) is 4.02. The molecule has 1 aromatic heterocycles. The minimum atomic E-state index is -4.62. The Bertz CT molecular complexity index is 614. The van der Waals surface area contributed by atoms with Gasteiger partial charge in [0.1, 0.15) is 0 Å². The van der Waals surface area contributed by atoms with Gasteiger partial charge in [-0.1, -0.05) is 21.1 Å². The van der Waals surface area contributed by atoms with Crippen molar-refractivity contribution in [3.8, 4) is 0 Å². The van der Waals surface area contributed by atoms with Crippen LogP contribution in [0.15, 0.2) is 22.7 Å². The van der Waals surface area contributed by atoms with Crippen molar-refractivity contribution in [1.82, 2.24) is 25.9 Å². The maximum atomic E-state index is 12.9. The molecular weight excluding hydrogens is 343 g/mol. The van der Waals surface area contributed by atoms with Crippen LogP contribution in [0.25, 0.3) is 0 Å². The Morgan fingerprint density at radius 2 is 2.15 bits per heavy atom. The fourth-order valence-electron chi connectivity index (χ4n) is 1.46. The predicted molar refractivity (Wildman–Crippen MR) is 64.5 cm³/mol. The van der Waals surface area contributed by atoms with Crippen molar-refractivity contribution < 1.29 is 18.0 Å². The van der Waals surface area contributed by atoms with Gasteiger partial charge in [0, 0.05) is 4.47 Å². The Morgan fingerprint density at radius 3 is 2.75 bits per heavy atom. The summed E-state index contributed by atoms with van der Waals surface area (Å²) in [7, 11) is 0. The predicted octanol–water partition coefficient (Wildman–Crippen LogP) is 1.91. The number of nitrogens with zero attached hydrogens (tertiary/aromatic N) is 3. The highest BCUT2D eigenvalue weighted by Crippen LogP contribution is 2.33. The van der Waals surface area contributed by atoms with Crippen LogP contribution in [0.4, 0.5) is 13.2 Å². The fraction of sp³-hybridized carbons (Fsp3) is 0.200. The van der Waals surface area contributed by atoms with Gasteiger partial charge in [0.25, 0.3) is 5.91 Å². The van der Waals surface area contributed by atoms with E-state index >= 15 is 0 Å². The van der Waals surface area contributed by atoms with Gasteiger partial charge < -0.3 is 5.32 Å². The van der Waals surface area contributed by atoms with E-state index in [1.807, 2.05) is 0 Å². The van der Waals surface area contributed by atoms with Gasteiger partial charge in [0.2, 0.25) is 0 Å². The van der Waals surface area contributed by atoms with E-state index in [9.17, 15) is 18.0 Å². The summed E-state index contributed by atoms with van der Waals surface area (Å²) in [6.45, 7) is -0.122. The molecule has 0 atom stereocenters. The molecule has 1 aromatic carbocycles. The van der Waals surface area contributed by atoms with E-state index in [1.165, 1.54) is 6.07 Å². The average Bonchev–Trinajstić information content (AvgIpc) is 2.88. The van der Waals surface area contributed by atoms with Crippen molar-refractivity contribution >= 4 is 21.8 Å². The summed E-state index contributed by atoms with van der Waals surface area (Å²) in [5, 5.41) is 14.9. The zero-order valence-electron chi connectivity index (χ0n) is 9.70. The Labute approximate surface area is 118 Å². The molecule has 2 rings (SSSR count). The van der Waals surface area contributed by atoms with Gasteiger partial charge in [-0.3, -0.25) is 4.79 Å². The number of carbonyl (C=O) groups excluding carboxylic acids is 1. The van der Waals surface area contributed by atoms with Crippen LogP contribution in [0, 0.1) is 0 Å². The molecule has 0 bridgehead atoms. The van der Waals surface area contributed by atoms with E-state index in [-0.39, 0.29) is 16.8 Å². The lowest BCUT2D eigenvalue weighted by molar-refractivity contribution is -0.138. The second-order valence-corrected chi connectivity index (χ2v) is 4.61. The van der Waals surface area contributed by atoms with Crippen LogP contribution in [0.1, 0.15) is 21.7 Å². The molecule has 0 saturated carbocycles. The number of amides is 1. The van der Waals surface area contributed by atoms with E-state index in [1.54, 1.807) is 0 Å². The maximum Gasteiger partial charge on any atom is 0.417 e. The van der Waals surface area contributed by atoms with Crippen molar-refractivity contribution in [3.05, 3.63) is 39.6 Å². The van der Waals surface area contributed by atoms with E-state index < -0.39 is 23.2 Å². The first-order chi connectivity index (χ1) is 9.38. The lowest BCUT2D eigenvalue weighted by Gasteiger charge is -2.12. The Balaban J connectivity index is 2.21. The monoisotopic (exact) mass is 349 g/mol. The molecule has 0 saturated heterocycles. The molecule has 0 aliphatic heterocycles. The molecule has 0 aliphatic carbocycles. The molecule has 0 unspecified atom stereocenters. The molecule has 2 aromatic rings. The molecule has 10 heteroatoms. The number of hydrogen-bond donors (Lipinski definition) is 2. The number of halogens is 4. The second-order valence-electron chi connectivity index (χ2n) is 3.70. The number of tetrazole rings is 1. The van der Waals surface area contributed by atoms with Crippen molar-refractivity contribution in [2.45, 2.75) is 12.7 Å². The molecule has 1 heterocycles. The third-order valence-electron chi connectivity index (χ3n) is 2.33. The Morgan fingerprint density at radius 1 is 1.40 bits per heavy atom. The maximum absolute atomic E-state index is 12.9. The van der Waals surface area contributed by atoms with Gasteiger partial charge in [-0.2, -0.15) is 18.4 Å². The van der Waals surface area contributed by atoms with E-state index in [4.69, 9.17) is 0 Å². The number of carbonyl (C=O) groups is 1. The quantitative estimate of drug-likeness (QED) is 0.886. The van der Waals surface area contributed by atoms with Crippen LogP contribution >= 0.6 is 15.9 Å². The molecule has 106 valence electrons. The zero-order chi connectivity index (χ0) is 14.8. The summed E-state index contributed by atoms with van der Waals surface area (Å²) in [5.74, 6) is -0.696. The highest BCUT2D eigenvalue weighted by atomic mass is 79.9. The van der Waals surface area contributed by atoms with Crippen LogP contribution in [0.2, 0.25) is 0 Å². The first-order valence-corrected chi connectivity index (χ1v) is 6.04. The van der Waals surface area contributed by atoms with Gasteiger partial charge in [0.05, 0.1) is 17.7 Å². The molecular formula is C10H7BrF3N5O. The number of aromatic amines is 1. The largest absolute Gasteiger partial charge is 0.417 e. The minimum Gasteiger partial charge on any atom is -0.345 e. The van der Waals surface area contributed by atoms with Crippen molar-refractivity contribution in [3.63, 3.8) is 0 Å². The third kappa shape index (κ3) is 3.32. The fourth-order valence-corrected chi connectivity index (χ4v) is 1.82. The number of hydrogen-bond acceptors (Lipinski definition) is 4. The number of rotatable bonds is 3. The molecule has 20 heavy (non-hydrogen) atoms. The summed E-state index contributed by atoms with van der Waals surface area (Å²) in [5.41, 5.74) is -1.48. The van der Waals surface area contributed by atoms with E-state index in [0.717, 1.165) is 12.1 Å². The number of alkyl halides is 3. The van der Waals surface area contributed by atoms with Crippen LogP contribution in [0.5, 0.6) is 0 Å². The van der Waals surface area contributed by atoms with Crippen LogP contribution in [-0.4, -0.2) is 26.5 Å². The summed E-state index contributed by atoms with van der Waals surface area (Å²) in [6, 6.07) is 3.31. The van der Waals surface area contributed by atoms with Crippen LogP contribution in [0.3, 0.4) is 0 Å². The van der Waals surface area contributed by atoms with Crippen molar-refractivity contribution in [2.24, 2.45) is 0 Å². The standard InChI is InChI=1S/C10H7BrF3N5O/c11-5-1-2-6(7(3-5)10(12,13)14)9(20)15-4-8-16-18-19-17-8/h1-3H,4H2,(H,15,20)(H,16,17,18,19). The highest BCUT2D eigenvalue weighted by Gasteiger charge is 2.35. The summed E-state index contributed by atoms with van der Waals surface area (Å²) < 4.78 is 38.8. The van der Waals surface area contributed by atoms with Gasteiger partial charge in [-0.25, -0.2) is 0 Å². The number of aromatic nitrogens is 4. The topological polar surface area (TPSA) is 83.6 Å². The lowest BCUT2D eigenvalue weighted by atomic mass is 10.1. The number of benzene rings is 1. The molecule has 0 radical (unpaired) electrons. The van der Waals surface area contributed by atoms with E-state index in [0.29, 0.717) is 0 Å². The SMILES string of the molecule is O=C(NCc1nn[nH]n1)c1ccc(Br)cc1C(F)(F)F. The molecule has 6 nitrogen and oxygen atoms in total. The lowest BCUT2D eigenvalue weighted by Crippen LogP contribution is -2.26. The molecule has 2 N–H and O–H groups in total. The third-order valence-corrected chi connectivity index (χ3v) is 2.82. The minimum absolute atomic E-state index is 0.122. The van der Waals surface area contributed by atoms with Crippen LogP contribution in [-0.2, 0) is 12.7 Å². The highest BCUT2D eigenvalue weighted by molar-refractivity contribution is 9.10. The molecule has 0 spiro atoms. The molecule has 0 fully saturated rings. The smallest absolute Gasteiger partial charge is 0.345 e. The molecule has 0 aliphatic rings. The van der Waals surface area contributed by atoms with Gasteiger partial charge >= 0.3 is 6.18 Å². The summed E-state index contributed by atoms with van der Waals surface area (Å²) >= 11 is 2.94. The summed E-state index contributed by atoms with van der Waals surface area (Å²) in [4.78, 5) is 11.8. The van der Waals surface area contributed by atoms with Crippen molar-refractivity contribution in [2.75, 3.05) is 0 Å². The van der Waals surface area contributed by atoms with E-state index in [2.05, 4.69) is 41.9 Å². The van der Waals surface area contributed by atoms with Gasteiger partial charge in [-0.05, 0) is 18.2 Å². The van der Waals surface area contributed by atoms with Gasteiger partial charge in [0.15, 0.2) is 5.82 Å². The van der Waals surface area contributed by atoms with Crippen molar-refractivity contribution in [1.29, 1.82) is 0 Å². The van der Waals surface area contributed by atoms with Gasteiger partial charge in [-0.15, -0.1) is 10.2 Å². The number of nitrogens with one attached hydrogen (secondary N) is 2. The Hall–Kier alpha value is -1.97. The zero-order valence-corrected chi connectivity index (χ0v) is 11.3. The van der Waals surface area contributed by atoms with Crippen LogP contribution < -0.4 is 5.32 Å². The molecule has 1 amide bonds.